The highest BCUT2D eigenvalue weighted by molar-refractivity contribution is 5.70. The van der Waals surface area contributed by atoms with E-state index in [0.717, 1.165) is 30.5 Å². The number of nitrogens with zero attached hydrogens (tertiary/aromatic N) is 7. The fraction of sp³-hybridized carbons (Fsp3) is 0.594. The second-order valence-electron chi connectivity index (χ2n) is 12.7. The molecular weight excluding hydrogens is 562 g/mol. The zero-order chi connectivity index (χ0) is 31.3. The maximum Gasteiger partial charge on any atom is 0.410 e. The minimum atomic E-state index is -0.609. The van der Waals surface area contributed by atoms with Gasteiger partial charge < -0.3 is 33.8 Å². The molecule has 0 radical (unpaired) electrons. The van der Waals surface area contributed by atoms with E-state index in [-0.39, 0.29) is 43.8 Å². The Kier molecular flexibility index (Phi) is 9.74. The average molecular weight is 606 g/mol. The average Bonchev–Trinajstić information content (AvgIpc) is 3.42. The van der Waals surface area contributed by atoms with Crippen LogP contribution in [0.1, 0.15) is 56.9 Å². The molecule has 12 heteroatoms. The van der Waals surface area contributed by atoms with E-state index in [9.17, 15) is 14.9 Å². The largest absolute Gasteiger partial charge is 0.462 e. The molecule has 2 saturated heterocycles. The number of piperazine rings is 1. The Morgan fingerprint density at radius 3 is 2.52 bits per heavy atom. The van der Waals surface area contributed by atoms with Crippen molar-refractivity contribution in [2.75, 3.05) is 51.3 Å². The lowest BCUT2D eigenvalue weighted by molar-refractivity contribution is 0.0220. The number of benzene rings is 1. The second-order valence-corrected chi connectivity index (χ2v) is 12.7. The Morgan fingerprint density at radius 2 is 1.82 bits per heavy atom. The fourth-order valence-electron chi connectivity index (χ4n) is 5.92. The van der Waals surface area contributed by atoms with Gasteiger partial charge in [-0.2, -0.15) is 15.2 Å². The lowest BCUT2D eigenvalue weighted by atomic mass is 10.0. The Morgan fingerprint density at radius 1 is 1.02 bits per heavy atom. The van der Waals surface area contributed by atoms with E-state index in [2.05, 4.69) is 22.9 Å². The van der Waals surface area contributed by atoms with Crippen LogP contribution in [0.25, 0.3) is 0 Å². The number of aromatic nitrogens is 2. The highest BCUT2D eigenvalue weighted by atomic mass is 16.6. The number of fused-ring (bicyclic) bond motifs is 1. The number of likely N-dealkylation sites (N-methyl/N-ethyl adjacent to an activating group) is 1. The summed E-state index contributed by atoms with van der Waals surface area (Å²) in [6.07, 6.45) is 2.12. The van der Waals surface area contributed by atoms with Crippen LogP contribution >= 0.6 is 0 Å². The van der Waals surface area contributed by atoms with Crippen molar-refractivity contribution in [2.45, 2.75) is 77.3 Å². The number of nitriles is 1. The van der Waals surface area contributed by atoms with Crippen molar-refractivity contribution in [1.82, 2.24) is 24.7 Å². The van der Waals surface area contributed by atoms with E-state index in [1.165, 1.54) is 0 Å². The van der Waals surface area contributed by atoms with Gasteiger partial charge in [-0.15, -0.1) is 0 Å². The molecule has 236 valence electrons. The minimum absolute atomic E-state index is 0.188. The summed E-state index contributed by atoms with van der Waals surface area (Å²) in [5, 5.41) is 9.74. The van der Waals surface area contributed by atoms with E-state index >= 15 is 0 Å². The number of carbonyl (C=O) groups excluding carboxylic acids is 2. The van der Waals surface area contributed by atoms with Gasteiger partial charge in [0.05, 0.1) is 30.8 Å². The maximum absolute atomic E-state index is 13.0. The van der Waals surface area contributed by atoms with Crippen LogP contribution in [0.4, 0.5) is 15.4 Å². The molecule has 2 fully saturated rings. The third-order valence-corrected chi connectivity index (χ3v) is 8.30. The predicted octanol–water partition coefficient (Wildman–Crippen LogP) is 3.98. The molecule has 1 aromatic heterocycles. The van der Waals surface area contributed by atoms with Crippen molar-refractivity contribution in [3.63, 3.8) is 0 Å². The smallest absolute Gasteiger partial charge is 0.410 e. The summed E-state index contributed by atoms with van der Waals surface area (Å²) in [4.78, 5) is 43.3. The summed E-state index contributed by atoms with van der Waals surface area (Å²) in [7, 11) is 2.09. The number of rotatable bonds is 7. The molecule has 2 aromatic rings. The quantitative estimate of drug-likeness (QED) is 0.458. The van der Waals surface area contributed by atoms with Gasteiger partial charge in [-0.05, 0) is 59.2 Å². The standard InChI is InChI=1S/C32H43N7O5/c1-32(2,3)44-31(41)37-16-13-26-27(20-37)34-29(42-22-25-11-8-15-36(25)4)35-28(26)39-18-17-38(19-24(39)12-14-33)30(40)43-21-23-9-6-5-7-10-23/h5-7,9-10,24-25H,8,11-13,15-22H2,1-4H3. The molecule has 2 atom stereocenters. The molecule has 0 N–H and O–H groups in total. The summed E-state index contributed by atoms with van der Waals surface area (Å²) < 4.78 is 17.4. The topological polar surface area (TPSA) is 124 Å². The molecule has 0 spiro atoms. The Labute approximate surface area is 259 Å². The van der Waals surface area contributed by atoms with Crippen LogP contribution in [0.3, 0.4) is 0 Å². The predicted molar refractivity (Wildman–Crippen MR) is 163 cm³/mol. The molecule has 0 aliphatic carbocycles. The zero-order valence-electron chi connectivity index (χ0n) is 26.2. The molecule has 3 aliphatic rings. The number of amides is 2. The van der Waals surface area contributed by atoms with Crippen LogP contribution in [0.15, 0.2) is 30.3 Å². The van der Waals surface area contributed by atoms with Gasteiger partial charge in [0.15, 0.2) is 0 Å². The molecule has 44 heavy (non-hydrogen) atoms. The van der Waals surface area contributed by atoms with Crippen molar-refractivity contribution >= 4 is 18.0 Å². The molecule has 4 heterocycles. The second kappa shape index (κ2) is 13.7. The first kappa shape index (κ1) is 31.3. The number of ether oxygens (including phenoxy) is 3. The van der Waals surface area contributed by atoms with Gasteiger partial charge in [0, 0.05) is 37.8 Å². The van der Waals surface area contributed by atoms with Gasteiger partial charge in [0.1, 0.15) is 24.6 Å². The van der Waals surface area contributed by atoms with Crippen LogP contribution < -0.4 is 9.64 Å². The molecule has 0 bridgehead atoms. The Bertz CT molecular complexity index is 1360. The highest BCUT2D eigenvalue weighted by Gasteiger charge is 2.36. The summed E-state index contributed by atoms with van der Waals surface area (Å²) in [5.41, 5.74) is 1.94. The van der Waals surface area contributed by atoms with Crippen molar-refractivity contribution in [2.24, 2.45) is 0 Å². The van der Waals surface area contributed by atoms with Crippen LogP contribution in [0, 0.1) is 11.3 Å². The normalized spacial score (nSPS) is 20.6. The Hall–Kier alpha value is -4.11. The zero-order valence-corrected chi connectivity index (χ0v) is 26.2. The first-order valence-corrected chi connectivity index (χ1v) is 15.4. The monoisotopic (exact) mass is 605 g/mol. The van der Waals surface area contributed by atoms with Gasteiger partial charge in [-0.3, -0.25) is 0 Å². The number of hydrogen-bond donors (Lipinski definition) is 0. The van der Waals surface area contributed by atoms with Gasteiger partial charge in [-0.1, -0.05) is 30.3 Å². The summed E-state index contributed by atoms with van der Waals surface area (Å²) in [5.74, 6) is 0.700. The lowest BCUT2D eigenvalue weighted by Crippen LogP contribution is -2.55. The van der Waals surface area contributed by atoms with Crippen LogP contribution in [-0.2, 0) is 29.0 Å². The van der Waals surface area contributed by atoms with E-state index in [4.69, 9.17) is 24.2 Å². The highest BCUT2D eigenvalue weighted by Crippen LogP contribution is 2.32. The van der Waals surface area contributed by atoms with Crippen molar-refractivity contribution in [3.8, 4) is 12.1 Å². The van der Waals surface area contributed by atoms with Gasteiger partial charge in [0.25, 0.3) is 0 Å². The van der Waals surface area contributed by atoms with Crippen molar-refractivity contribution in [3.05, 3.63) is 47.2 Å². The number of anilines is 1. The summed E-state index contributed by atoms with van der Waals surface area (Å²) in [6, 6.07) is 12.1. The summed E-state index contributed by atoms with van der Waals surface area (Å²) in [6.45, 7) is 9.17. The fourth-order valence-corrected chi connectivity index (χ4v) is 5.92. The number of hydrogen-bond acceptors (Lipinski definition) is 10. The van der Waals surface area contributed by atoms with E-state index in [0.29, 0.717) is 50.7 Å². The number of carbonyl (C=O) groups is 2. The first-order valence-electron chi connectivity index (χ1n) is 15.4. The lowest BCUT2D eigenvalue weighted by Gasteiger charge is -2.42. The van der Waals surface area contributed by atoms with Crippen molar-refractivity contribution in [1.29, 1.82) is 5.26 Å². The molecular formula is C32H43N7O5. The molecule has 0 saturated carbocycles. The minimum Gasteiger partial charge on any atom is -0.462 e. The molecule has 2 unspecified atom stereocenters. The first-order chi connectivity index (χ1) is 21.1. The molecule has 12 nitrogen and oxygen atoms in total. The van der Waals surface area contributed by atoms with Crippen LogP contribution in [0.5, 0.6) is 6.01 Å². The Balaban J connectivity index is 1.36. The summed E-state index contributed by atoms with van der Waals surface area (Å²) >= 11 is 0. The van der Waals surface area contributed by atoms with E-state index < -0.39 is 11.7 Å². The van der Waals surface area contributed by atoms with Crippen LogP contribution in [0.2, 0.25) is 0 Å². The van der Waals surface area contributed by atoms with Gasteiger partial charge in [-0.25, -0.2) is 9.59 Å². The van der Waals surface area contributed by atoms with E-state index in [1.54, 1.807) is 9.80 Å². The molecule has 2 amide bonds. The molecule has 1 aromatic carbocycles. The van der Waals surface area contributed by atoms with Crippen LogP contribution in [-0.4, -0.2) is 101 Å². The molecule has 3 aliphatic heterocycles. The van der Waals surface area contributed by atoms with Crippen molar-refractivity contribution < 1.29 is 23.8 Å². The maximum atomic E-state index is 13.0. The molecule has 5 rings (SSSR count). The van der Waals surface area contributed by atoms with Gasteiger partial charge >= 0.3 is 18.2 Å². The third-order valence-electron chi connectivity index (χ3n) is 8.30. The third kappa shape index (κ3) is 7.69. The number of likely N-dealkylation sites (tertiary alicyclic amines) is 1. The SMILES string of the molecule is CN1CCCC1COc1nc2c(c(N3CCN(C(=O)OCc4ccccc4)CC3CC#N)n1)CCN(C(=O)OC(C)(C)C)C2. The van der Waals surface area contributed by atoms with Gasteiger partial charge in [0.2, 0.25) is 0 Å². The van der Waals surface area contributed by atoms with E-state index in [1.807, 2.05) is 51.1 Å².